The zero-order chi connectivity index (χ0) is 41.4. The van der Waals surface area contributed by atoms with Crippen molar-refractivity contribution >= 4 is 27.5 Å². The van der Waals surface area contributed by atoms with Crippen molar-refractivity contribution in [2.45, 2.75) is 98.2 Å². The number of nitrogens with zero attached hydrogens (tertiary/aromatic N) is 4. The Morgan fingerprint density at radius 3 is 1.44 bits per heavy atom. The minimum absolute atomic E-state index is 0.0929. The fourth-order valence-electron chi connectivity index (χ4n) is 6.56. The number of aliphatic hydroxyl groups excluding tert-OH is 9. The maximum Gasteiger partial charge on any atom is 0.473 e. The number of aromatic nitrogens is 4. The minimum atomic E-state index is -5.59. The van der Waals surface area contributed by atoms with Gasteiger partial charge in [0, 0.05) is 24.8 Å². The molecule has 0 amide bonds. The van der Waals surface area contributed by atoms with Gasteiger partial charge in [-0.1, -0.05) is 0 Å². The Morgan fingerprint density at radius 2 is 1.00 bits per heavy atom. The topological polar surface area (TPSA) is 429 Å². The SMILES string of the molecule is O=P(O)(O)O[C@H]1C(NN(c2ncc[nH]2)C2O[C@H](CO)[C@@H](O)[C@H]2OP(=O)(O)O[C@H]2C(NN(c3ncc[nH]3)C3O[C@H](CO)[C@@H](O)[C@H]3O)O[C@H](CO)[C@H]2O)O[C@H](CO)[C@H]1O. The second-order valence-electron chi connectivity index (χ2n) is 13.0. The van der Waals surface area contributed by atoms with Gasteiger partial charge in [-0.2, -0.15) is 10.9 Å². The third-order valence-corrected chi connectivity index (χ3v) is 10.8. The van der Waals surface area contributed by atoms with Crippen molar-refractivity contribution in [3.63, 3.8) is 0 Å². The Balaban J connectivity index is 1.26. The van der Waals surface area contributed by atoms with Crippen LogP contribution in [-0.4, -0.2) is 205 Å². The summed E-state index contributed by atoms with van der Waals surface area (Å²) < 4.78 is 63.6. The quantitative estimate of drug-likeness (QED) is 0.0489. The number of rotatable bonds is 18. The van der Waals surface area contributed by atoms with Crippen LogP contribution in [0.5, 0.6) is 0 Å². The summed E-state index contributed by atoms with van der Waals surface area (Å²) in [4.78, 5) is 43.6. The molecular formula is C26H44N8O21P2. The van der Waals surface area contributed by atoms with Gasteiger partial charge in [0.1, 0.15) is 73.2 Å². The Labute approximate surface area is 320 Å². The first-order valence-corrected chi connectivity index (χ1v) is 20.0. The summed E-state index contributed by atoms with van der Waals surface area (Å²) in [6, 6.07) is 0. The van der Waals surface area contributed by atoms with E-state index in [4.69, 9.17) is 32.5 Å². The minimum Gasteiger partial charge on any atom is -0.394 e. The van der Waals surface area contributed by atoms with Crippen LogP contribution in [0.2, 0.25) is 0 Å². The third-order valence-electron chi connectivity index (χ3n) is 9.28. The Kier molecular flexibility index (Phi) is 14.0. The number of hydrogen-bond donors (Lipinski definition) is 16. The average molecular weight is 867 g/mol. The summed E-state index contributed by atoms with van der Waals surface area (Å²) in [6.07, 6.45) is -22.1. The number of ether oxygens (including phenoxy) is 4. The van der Waals surface area contributed by atoms with E-state index >= 15 is 0 Å². The molecule has 6 heterocycles. The van der Waals surface area contributed by atoms with Crippen LogP contribution in [0.4, 0.5) is 11.9 Å². The van der Waals surface area contributed by atoms with Gasteiger partial charge in [-0.05, 0) is 0 Å². The molecule has 57 heavy (non-hydrogen) atoms. The predicted molar refractivity (Wildman–Crippen MR) is 178 cm³/mol. The van der Waals surface area contributed by atoms with E-state index in [2.05, 4.69) is 30.8 Å². The van der Waals surface area contributed by atoms with Crippen LogP contribution in [0.1, 0.15) is 0 Å². The molecular weight excluding hydrogens is 822 g/mol. The number of anilines is 2. The monoisotopic (exact) mass is 866 g/mol. The summed E-state index contributed by atoms with van der Waals surface area (Å²) in [7, 11) is -10.9. The van der Waals surface area contributed by atoms with Crippen LogP contribution in [-0.2, 0) is 41.6 Å². The van der Waals surface area contributed by atoms with Gasteiger partial charge in [0.15, 0.2) is 24.9 Å². The van der Waals surface area contributed by atoms with Crippen molar-refractivity contribution < 1.29 is 102 Å². The number of nitrogens with one attached hydrogen (secondary N) is 4. The number of aromatic amines is 2. The first-order chi connectivity index (χ1) is 27.0. The maximum atomic E-state index is 13.8. The molecule has 29 nitrogen and oxygen atoms in total. The fraction of sp³-hybridized carbons (Fsp3) is 0.769. The first kappa shape index (κ1) is 44.2. The number of phosphoric ester groups is 2. The van der Waals surface area contributed by atoms with Gasteiger partial charge < -0.3 is 89.6 Å². The zero-order valence-electron chi connectivity index (χ0n) is 29.1. The highest BCUT2D eigenvalue weighted by Gasteiger charge is 2.56. The summed E-state index contributed by atoms with van der Waals surface area (Å²) in [6.45, 7) is -3.31. The largest absolute Gasteiger partial charge is 0.473 e. The fourth-order valence-corrected chi connectivity index (χ4v) is 8.24. The number of H-pyrrole nitrogens is 2. The van der Waals surface area contributed by atoms with Gasteiger partial charge in [0.25, 0.3) is 0 Å². The molecule has 4 fully saturated rings. The Hall–Kier alpha value is -2.36. The molecule has 4 aliphatic rings. The molecule has 324 valence electrons. The highest BCUT2D eigenvalue weighted by atomic mass is 31.2. The van der Waals surface area contributed by atoms with Crippen molar-refractivity contribution in [3.05, 3.63) is 24.8 Å². The van der Waals surface area contributed by atoms with Crippen LogP contribution in [0.15, 0.2) is 24.8 Å². The van der Waals surface area contributed by atoms with E-state index in [1.807, 2.05) is 0 Å². The van der Waals surface area contributed by atoms with E-state index in [0.717, 1.165) is 10.0 Å². The molecule has 2 aromatic rings. The molecule has 2 aromatic heterocycles. The molecule has 0 aromatic carbocycles. The van der Waals surface area contributed by atoms with E-state index in [1.54, 1.807) is 0 Å². The smallest absolute Gasteiger partial charge is 0.394 e. The van der Waals surface area contributed by atoms with Crippen LogP contribution in [0.25, 0.3) is 0 Å². The standard InChI is InChI=1S/C26H44N8O21P2/c35-5-9-13(39)17(43)23(51-9)33(25-27-1-2-28-25)31-22-19(15(41)11(7-37)50-22)54-57(47,48)55-20-16(42)12(8-38)52-24(20)34(26-29-3-4-30-26)32-21-18(53-56(44,45)46)14(40)10(6-36)49-21/h1-4,9-24,31-32,35-43H,5-8H2,(H,27,28)(H,29,30)(H,47,48)(H2,44,45,46)/t9-,10-,11-,12-,13-,14-,15-,16-,17-,18-,19-,20-,21?,22?,23?,24?/m1/s1. The van der Waals surface area contributed by atoms with E-state index in [1.165, 1.54) is 24.8 Å². The normalized spacial score (nSPS) is 39.5. The molecule has 0 saturated carbocycles. The molecule has 4 aliphatic heterocycles. The van der Waals surface area contributed by atoms with Crippen molar-refractivity contribution in [3.8, 4) is 0 Å². The highest BCUT2D eigenvalue weighted by molar-refractivity contribution is 7.47. The zero-order valence-corrected chi connectivity index (χ0v) is 30.9. The van der Waals surface area contributed by atoms with Gasteiger partial charge in [-0.3, -0.25) is 13.6 Å². The second-order valence-corrected chi connectivity index (χ2v) is 15.5. The van der Waals surface area contributed by atoms with Crippen molar-refractivity contribution in [2.75, 3.05) is 36.4 Å². The third kappa shape index (κ3) is 9.51. The first-order valence-electron chi connectivity index (χ1n) is 17.0. The lowest BCUT2D eigenvalue weighted by Crippen LogP contribution is -2.59. The summed E-state index contributed by atoms with van der Waals surface area (Å²) >= 11 is 0. The van der Waals surface area contributed by atoms with Gasteiger partial charge >= 0.3 is 15.6 Å². The van der Waals surface area contributed by atoms with Crippen LogP contribution < -0.4 is 20.9 Å². The molecule has 5 unspecified atom stereocenters. The lowest BCUT2D eigenvalue weighted by molar-refractivity contribution is -0.0631. The summed E-state index contributed by atoms with van der Waals surface area (Å²) in [5.74, 6) is -0.323. The molecule has 0 spiro atoms. The number of hydrazine groups is 2. The maximum absolute atomic E-state index is 13.8. The number of aliphatic hydroxyl groups is 9. The number of phosphoric acid groups is 2. The Bertz CT molecular complexity index is 1670. The van der Waals surface area contributed by atoms with Crippen LogP contribution in [0.3, 0.4) is 0 Å². The van der Waals surface area contributed by atoms with E-state index in [-0.39, 0.29) is 11.9 Å². The molecule has 0 radical (unpaired) electrons. The average Bonchev–Trinajstić information content (AvgIpc) is 4.03. The van der Waals surface area contributed by atoms with Gasteiger partial charge in [0.05, 0.1) is 26.4 Å². The van der Waals surface area contributed by atoms with E-state index in [0.29, 0.717) is 0 Å². The van der Waals surface area contributed by atoms with Crippen molar-refractivity contribution in [2.24, 2.45) is 0 Å². The summed E-state index contributed by atoms with van der Waals surface area (Å²) in [5.41, 5.74) is 5.23. The molecule has 17 atom stereocenters. The van der Waals surface area contributed by atoms with Crippen LogP contribution >= 0.6 is 15.6 Å². The second kappa shape index (κ2) is 18.1. The van der Waals surface area contributed by atoms with E-state index < -0.39 is 140 Å². The molecule has 31 heteroatoms. The molecule has 6 rings (SSSR count). The van der Waals surface area contributed by atoms with Crippen molar-refractivity contribution in [1.82, 2.24) is 30.8 Å². The lowest BCUT2D eigenvalue weighted by Gasteiger charge is -2.36. The van der Waals surface area contributed by atoms with Gasteiger partial charge in [-0.15, -0.1) is 0 Å². The van der Waals surface area contributed by atoms with Crippen molar-refractivity contribution in [1.29, 1.82) is 0 Å². The lowest BCUT2D eigenvalue weighted by atomic mass is 10.1. The highest BCUT2D eigenvalue weighted by Crippen LogP contribution is 2.51. The molecule has 4 saturated heterocycles. The molecule has 16 N–H and O–H groups in total. The Morgan fingerprint density at radius 1 is 0.596 bits per heavy atom. The molecule has 0 aliphatic carbocycles. The number of hydrogen-bond acceptors (Lipinski definition) is 24. The van der Waals surface area contributed by atoms with Gasteiger partial charge in [-0.25, -0.2) is 29.1 Å². The number of imidazole rings is 2. The van der Waals surface area contributed by atoms with E-state index in [9.17, 15) is 69.8 Å². The predicted octanol–water partition coefficient (Wildman–Crippen LogP) is -7.52. The van der Waals surface area contributed by atoms with Gasteiger partial charge in [0.2, 0.25) is 11.9 Å². The van der Waals surface area contributed by atoms with Crippen LogP contribution in [0, 0.1) is 0 Å². The summed E-state index contributed by atoms with van der Waals surface area (Å²) in [5, 5.41) is 95.0. The molecule has 0 bridgehead atoms.